The summed E-state index contributed by atoms with van der Waals surface area (Å²) >= 11 is 0. The van der Waals surface area contributed by atoms with E-state index in [0.29, 0.717) is 31.5 Å². The first-order valence-electron chi connectivity index (χ1n) is 13.9. The molecule has 1 aromatic heterocycles. The van der Waals surface area contributed by atoms with E-state index in [1.54, 1.807) is 11.0 Å². The molecule has 0 spiro atoms. The number of carbonyl (C=O) groups is 2. The number of hydrogen-bond acceptors (Lipinski definition) is 6. The van der Waals surface area contributed by atoms with Crippen LogP contribution in [0, 0.1) is 6.92 Å². The van der Waals surface area contributed by atoms with Crippen LogP contribution in [-0.2, 0) is 4.74 Å². The second kappa shape index (κ2) is 11.2. The molecule has 3 heterocycles. The molecule has 2 saturated heterocycles. The van der Waals surface area contributed by atoms with E-state index in [1.807, 2.05) is 39.0 Å². The number of carbonyl (C=O) groups excluding carboxylic acids is 2. The van der Waals surface area contributed by atoms with Crippen LogP contribution in [0.15, 0.2) is 52.9 Å². The van der Waals surface area contributed by atoms with Gasteiger partial charge in [0.05, 0.1) is 0 Å². The number of ether oxygens (including phenoxy) is 2. The molecule has 8 nitrogen and oxygen atoms in total. The first-order valence-corrected chi connectivity index (χ1v) is 13.9. The predicted octanol–water partition coefficient (Wildman–Crippen LogP) is 5.92. The molecular formula is C31H39N3O5. The first kappa shape index (κ1) is 26.9. The molecule has 208 valence electrons. The van der Waals surface area contributed by atoms with Gasteiger partial charge in [-0.15, -0.1) is 0 Å². The molecule has 0 unspecified atom stereocenters. The quantitative estimate of drug-likeness (QED) is 0.438. The average Bonchev–Trinajstić information content (AvgIpc) is 3.33. The van der Waals surface area contributed by atoms with Gasteiger partial charge in [0.2, 0.25) is 0 Å². The molecule has 0 bridgehead atoms. The number of furan rings is 1. The second-order valence-electron chi connectivity index (χ2n) is 11.7. The number of aryl methyl sites for hydroxylation is 1. The third-order valence-corrected chi connectivity index (χ3v) is 7.34. The third kappa shape index (κ3) is 6.85. The number of nitrogens with one attached hydrogen (secondary N) is 1. The topological polar surface area (TPSA) is 84.3 Å². The maximum atomic E-state index is 12.9. The highest BCUT2D eigenvalue weighted by Gasteiger charge is 2.28. The molecule has 0 aliphatic carbocycles. The van der Waals surface area contributed by atoms with E-state index >= 15 is 0 Å². The van der Waals surface area contributed by atoms with Crippen LogP contribution in [0.2, 0.25) is 0 Å². The number of piperidine rings is 2. The van der Waals surface area contributed by atoms with Gasteiger partial charge in [-0.3, -0.25) is 4.79 Å². The third-order valence-electron chi connectivity index (χ3n) is 7.34. The molecule has 5 rings (SSSR count). The van der Waals surface area contributed by atoms with E-state index in [-0.39, 0.29) is 29.9 Å². The lowest BCUT2D eigenvalue weighted by Crippen LogP contribution is -2.47. The van der Waals surface area contributed by atoms with E-state index in [1.165, 1.54) is 11.3 Å². The Kier molecular flexibility index (Phi) is 7.73. The zero-order valence-electron chi connectivity index (χ0n) is 23.4. The van der Waals surface area contributed by atoms with Gasteiger partial charge in [-0.25, -0.2) is 4.79 Å². The van der Waals surface area contributed by atoms with Crippen LogP contribution in [-0.4, -0.2) is 60.8 Å². The number of anilines is 1. The van der Waals surface area contributed by atoms with E-state index in [0.717, 1.165) is 37.1 Å². The molecule has 0 radical (unpaired) electrons. The Morgan fingerprint density at radius 2 is 1.62 bits per heavy atom. The standard InChI is InChI=1S/C31H39N3O5/c1-21-5-7-24(8-6-21)33-17-13-25(14-18-33)37-26-9-10-27-22(19-26)20-28(38-27)29(35)32-23-11-15-34(16-12-23)30(36)39-31(2,3)4/h5-10,19-20,23,25H,11-18H2,1-4H3,(H,32,35). The van der Waals surface area contributed by atoms with E-state index in [4.69, 9.17) is 13.9 Å². The van der Waals surface area contributed by atoms with Crippen molar-refractivity contribution in [1.29, 1.82) is 0 Å². The molecule has 2 fully saturated rings. The summed E-state index contributed by atoms with van der Waals surface area (Å²) in [4.78, 5) is 29.3. The number of hydrogen-bond donors (Lipinski definition) is 1. The van der Waals surface area contributed by atoms with Gasteiger partial charge in [-0.05, 0) is 76.9 Å². The van der Waals surface area contributed by atoms with Crippen molar-refractivity contribution >= 4 is 28.7 Å². The zero-order chi connectivity index (χ0) is 27.6. The fourth-order valence-electron chi connectivity index (χ4n) is 5.18. The van der Waals surface area contributed by atoms with Crippen LogP contribution in [0.25, 0.3) is 11.0 Å². The number of nitrogens with zero attached hydrogens (tertiary/aromatic N) is 2. The lowest BCUT2D eigenvalue weighted by molar-refractivity contribution is 0.0199. The van der Waals surface area contributed by atoms with Gasteiger partial charge in [-0.1, -0.05) is 17.7 Å². The van der Waals surface area contributed by atoms with Gasteiger partial charge in [0.25, 0.3) is 5.91 Å². The maximum Gasteiger partial charge on any atom is 0.410 e. The largest absolute Gasteiger partial charge is 0.490 e. The normalized spacial score (nSPS) is 17.3. The summed E-state index contributed by atoms with van der Waals surface area (Å²) in [5.41, 5.74) is 2.67. The SMILES string of the molecule is Cc1ccc(N2CCC(Oc3ccc4oc(C(=O)NC5CCN(C(=O)OC(C)(C)C)CC5)cc4c3)CC2)cc1. The fourth-order valence-corrected chi connectivity index (χ4v) is 5.18. The molecule has 0 atom stereocenters. The molecule has 8 heteroatoms. The summed E-state index contributed by atoms with van der Waals surface area (Å²) in [6.45, 7) is 10.7. The molecule has 0 saturated carbocycles. The van der Waals surface area contributed by atoms with E-state index in [2.05, 4.69) is 41.4 Å². The molecule has 39 heavy (non-hydrogen) atoms. The molecule has 1 N–H and O–H groups in total. The maximum absolute atomic E-state index is 12.9. The van der Waals surface area contributed by atoms with Crippen molar-refractivity contribution in [3.8, 4) is 5.75 Å². The Morgan fingerprint density at radius 3 is 2.28 bits per heavy atom. The monoisotopic (exact) mass is 533 g/mol. The van der Waals surface area contributed by atoms with Crippen LogP contribution in [0.1, 0.15) is 62.6 Å². The number of amides is 2. The van der Waals surface area contributed by atoms with Crippen LogP contribution >= 0.6 is 0 Å². The average molecular weight is 534 g/mol. The highest BCUT2D eigenvalue weighted by atomic mass is 16.6. The number of likely N-dealkylation sites (tertiary alicyclic amines) is 1. The summed E-state index contributed by atoms with van der Waals surface area (Å²) in [6, 6.07) is 16.1. The van der Waals surface area contributed by atoms with Gasteiger partial charge >= 0.3 is 6.09 Å². The number of benzene rings is 2. The second-order valence-corrected chi connectivity index (χ2v) is 11.7. The van der Waals surface area contributed by atoms with E-state index in [9.17, 15) is 9.59 Å². The van der Waals surface area contributed by atoms with Gasteiger partial charge in [0.1, 0.15) is 23.0 Å². The van der Waals surface area contributed by atoms with Crippen molar-refractivity contribution < 1.29 is 23.5 Å². The fraction of sp³-hybridized carbons (Fsp3) is 0.484. The minimum Gasteiger partial charge on any atom is -0.490 e. The summed E-state index contributed by atoms with van der Waals surface area (Å²) < 4.78 is 17.6. The molecule has 2 aliphatic rings. The van der Waals surface area contributed by atoms with Crippen LogP contribution in [0.3, 0.4) is 0 Å². The van der Waals surface area contributed by atoms with Crippen LogP contribution in [0.4, 0.5) is 10.5 Å². The van der Waals surface area contributed by atoms with Crippen molar-refractivity contribution in [3.05, 3.63) is 59.9 Å². The summed E-state index contributed by atoms with van der Waals surface area (Å²) in [7, 11) is 0. The summed E-state index contributed by atoms with van der Waals surface area (Å²) in [6.07, 6.45) is 3.11. The lowest BCUT2D eigenvalue weighted by atomic mass is 10.1. The molecule has 3 aromatic rings. The van der Waals surface area contributed by atoms with E-state index < -0.39 is 5.60 Å². The first-order chi connectivity index (χ1) is 18.6. The Balaban J connectivity index is 1.12. The zero-order valence-corrected chi connectivity index (χ0v) is 23.4. The molecule has 2 aromatic carbocycles. The molecule has 2 aliphatic heterocycles. The van der Waals surface area contributed by atoms with Crippen molar-refractivity contribution in [1.82, 2.24) is 10.2 Å². The van der Waals surface area contributed by atoms with Gasteiger partial charge in [-0.2, -0.15) is 0 Å². The smallest absolute Gasteiger partial charge is 0.410 e. The predicted molar refractivity (Wildman–Crippen MR) is 152 cm³/mol. The number of fused-ring (bicyclic) bond motifs is 1. The van der Waals surface area contributed by atoms with Gasteiger partial charge in [0, 0.05) is 56.1 Å². The minimum atomic E-state index is -0.520. The Bertz CT molecular complexity index is 1290. The van der Waals surface area contributed by atoms with Crippen molar-refractivity contribution in [2.24, 2.45) is 0 Å². The highest BCUT2D eigenvalue weighted by Crippen LogP contribution is 2.28. The Morgan fingerprint density at radius 1 is 0.923 bits per heavy atom. The summed E-state index contributed by atoms with van der Waals surface area (Å²) in [5.74, 6) is 0.828. The Hall–Kier alpha value is -3.68. The molecule has 2 amide bonds. The van der Waals surface area contributed by atoms with Crippen LogP contribution in [0.5, 0.6) is 5.75 Å². The Labute approximate surface area is 230 Å². The molecular weight excluding hydrogens is 494 g/mol. The van der Waals surface area contributed by atoms with Gasteiger partial charge in [0.15, 0.2) is 5.76 Å². The van der Waals surface area contributed by atoms with Gasteiger partial charge < -0.3 is 29.0 Å². The van der Waals surface area contributed by atoms with Crippen molar-refractivity contribution in [2.45, 2.75) is 71.1 Å². The van der Waals surface area contributed by atoms with Crippen molar-refractivity contribution in [2.75, 3.05) is 31.1 Å². The van der Waals surface area contributed by atoms with Crippen molar-refractivity contribution in [3.63, 3.8) is 0 Å². The minimum absolute atomic E-state index is 0.0194. The highest BCUT2D eigenvalue weighted by molar-refractivity contribution is 5.96. The lowest BCUT2D eigenvalue weighted by Gasteiger charge is -2.33. The van der Waals surface area contributed by atoms with Crippen LogP contribution < -0.4 is 15.0 Å². The number of rotatable bonds is 5. The summed E-state index contributed by atoms with van der Waals surface area (Å²) in [5, 5.41) is 3.90.